The molecule has 1 fully saturated rings. The molecule has 0 spiro atoms. The average Bonchev–Trinajstić information content (AvgIpc) is 3.17. The van der Waals surface area contributed by atoms with E-state index in [1.54, 1.807) is 36.4 Å². The largest absolute Gasteiger partial charge is 0.490 e. The highest BCUT2D eigenvalue weighted by Gasteiger charge is 2.31. The second-order valence-corrected chi connectivity index (χ2v) is 8.31. The van der Waals surface area contributed by atoms with Gasteiger partial charge in [0.25, 0.3) is 0 Å². The van der Waals surface area contributed by atoms with Crippen molar-refractivity contribution in [3.8, 4) is 23.3 Å². The van der Waals surface area contributed by atoms with Crippen molar-refractivity contribution in [2.75, 3.05) is 19.9 Å². The molecule has 2 aliphatic rings. The fraction of sp³-hybridized carbons (Fsp3) is 0.316. The number of ether oxygens (including phenoxy) is 3. The summed E-state index contributed by atoms with van der Waals surface area (Å²) in [5.41, 5.74) is 0.576. The zero-order valence-electron chi connectivity index (χ0n) is 14.5. The molecule has 0 radical (unpaired) electrons. The van der Waals surface area contributed by atoms with Crippen LogP contribution in [-0.4, -0.2) is 38.7 Å². The van der Waals surface area contributed by atoms with Crippen LogP contribution in [0.2, 0.25) is 0 Å². The molecule has 2 aromatic carbocycles. The first kappa shape index (κ1) is 17.6. The monoisotopic (exact) mass is 386 g/mol. The number of hydrogen-bond acceptors (Lipinski definition) is 6. The molecule has 0 amide bonds. The van der Waals surface area contributed by atoms with Crippen molar-refractivity contribution < 1.29 is 22.6 Å². The summed E-state index contributed by atoms with van der Waals surface area (Å²) in [6.07, 6.45) is 1.15. The zero-order valence-corrected chi connectivity index (χ0v) is 15.3. The third kappa shape index (κ3) is 3.56. The van der Waals surface area contributed by atoms with E-state index in [1.807, 2.05) is 0 Å². The molecule has 4 rings (SSSR count). The molecule has 0 bridgehead atoms. The molecule has 2 aliphatic heterocycles. The lowest BCUT2D eigenvalue weighted by molar-refractivity contribution is 0.135. The minimum Gasteiger partial charge on any atom is -0.490 e. The lowest BCUT2D eigenvalue weighted by Crippen LogP contribution is -2.41. The van der Waals surface area contributed by atoms with E-state index >= 15 is 0 Å². The van der Waals surface area contributed by atoms with Crippen LogP contribution in [0.25, 0.3) is 0 Å². The first-order valence-electron chi connectivity index (χ1n) is 8.63. The topological polar surface area (TPSA) is 88.9 Å². The molecule has 2 heterocycles. The van der Waals surface area contributed by atoms with Crippen molar-refractivity contribution in [3.63, 3.8) is 0 Å². The summed E-state index contributed by atoms with van der Waals surface area (Å²) in [5, 5.41) is 8.83. The van der Waals surface area contributed by atoms with Crippen molar-refractivity contribution in [2.24, 2.45) is 0 Å². The summed E-state index contributed by atoms with van der Waals surface area (Å²) in [5.74, 6) is 1.70. The summed E-state index contributed by atoms with van der Waals surface area (Å²) < 4.78 is 43.7. The smallest absolute Gasteiger partial charge is 0.243 e. The van der Waals surface area contributed by atoms with E-state index in [-0.39, 0.29) is 17.8 Å². The van der Waals surface area contributed by atoms with Crippen LogP contribution in [0.15, 0.2) is 47.4 Å². The molecule has 0 aliphatic carbocycles. The molecule has 1 saturated heterocycles. The Morgan fingerprint density at radius 1 is 1.04 bits per heavy atom. The SMILES string of the molecule is N#Cc1ccc(OC2CCN(S(=O)(=O)c3ccc4c(c3)OCO4)CC2)cc1. The van der Waals surface area contributed by atoms with Gasteiger partial charge in [-0.1, -0.05) is 0 Å². The van der Waals surface area contributed by atoms with Gasteiger partial charge in [-0.05, 0) is 49.2 Å². The molecule has 27 heavy (non-hydrogen) atoms. The third-order valence-electron chi connectivity index (χ3n) is 4.67. The minimum absolute atomic E-state index is 0.0545. The van der Waals surface area contributed by atoms with Crippen LogP contribution in [-0.2, 0) is 10.0 Å². The van der Waals surface area contributed by atoms with E-state index in [1.165, 1.54) is 10.4 Å². The van der Waals surface area contributed by atoms with Crippen LogP contribution in [0, 0.1) is 11.3 Å². The summed E-state index contributed by atoms with van der Waals surface area (Å²) >= 11 is 0. The Balaban J connectivity index is 1.40. The van der Waals surface area contributed by atoms with Crippen LogP contribution in [0.5, 0.6) is 17.2 Å². The molecule has 140 valence electrons. The molecule has 2 aromatic rings. The third-order valence-corrected chi connectivity index (χ3v) is 6.56. The maximum Gasteiger partial charge on any atom is 0.243 e. The quantitative estimate of drug-likeness (QED) is 0.802. The standard InChI is InChI=1S/C19H18N2O5S/c20-12-14-1-3-15(4-2-14)26-16-7-9-21(10-8-16)27(22,23)17-5-6-18-19(11-17)25-13-24-18/h1-6,11,16H,7-10,13H2. The van der Waals surface area contributed by atoms with Crippen LogP contribution < -0.4 is 14.2 Å². The minimum atomic E-state index is -3.58. The van der Waals surface area contributed by atoms with Gasteiger partial charge in [0, 0.05) is 19.2 Å². The molecule has 7 nitrogen and oxygen atoms in total. The molecule has 0 unspecified atom stereocenters. The Labute approximate surface area is 157 Å². The number of rotatable bonds is 4. The second kappa shape index (κ2) is 7.10. The number of nitrogens with zero attached hydrogens (tertiary/aromatic N) is 2. The van der Waals surface area contributed by atoms with E-state index in [4.69, 9.17) is 19.5 Å². The lowest BCUT2D eigenvalue weighted by Gasteiger charge is -2.31. The Bertz CT molecular complexity index is 974. The van der Waals surface area contributed by atoms with Crippen molar-refractivity contribution in [2.45, 2.75) is 23.8 Å². The maximum atomic E-state index is 12.9. The van der Waals surface area contributed by atoms with Gasteiger partial charge in [-0.2, -0.15) is 9.57 Å². The van der Waals surface area contributed by atoms with Crippen molar-refractivity contribution in [3.05, 3.63) is 48.0 Å². The van der Waals surface area contributed by atoms with Gasteiger partial charge in [-0.3, -0.25) is 0 Å². The number of nitriles is 1. The van der Waals surface area contributed by atoms with E-state index in [2.05, 4.69) is 6.07 Å². The van der Waals surface area contributed by atoms with Crippen molar-refractivity contribution >= 4 is 10.0 Å². The van der Waals surface area contributed by atoms with E-state index in [0.717, 1.165) is 0 Å². The second-order valence-electron chi connectivity index (χ2n) is 6.37. The van der Waals surface area contributed by atoms with Gasteiger partial charge in [-0.15, -0.1) is 0 Å². The molecule has 0 atom stereocenters. The number of benzene rings is 2. The highest BCUT2D eigenvalue weighted by molar-refractivity contribution is 7.89. The fourth-order valence-electron chi connectivity index (χ4n) is 3.18. The predicted octanol–water partition coefficient (Wildman–Crippen LogP) is 2.52. The number of fused-ring (bicyclic) bond motifs is 1. The summed E-state index contributed by atoms with van der Waals surface area (Å²) in [6.45, 7) is 0.881. The van der Waals surface area contributed by atoms with Crippen LogP contribution in [0.3, 0.4) is 0 Å². The molecule has 0 saturated carbocycles. The first-order valence-corrected chi connectivity index (χ1v) is 10.1. The highest BCUT2D eigenvalue weighted by Crippen LogP contribution is 2.35. The lowest BCUT2D eigenvalue weighted by atomic mass is 10.1. The molecule has 0 aromatic heterocycles. The van der Waals surface area contributed by atoms with Gasteiger partial charge in [0.15, 0.2) is 11.5 Å². The van der Waals surface area contributed by atoms with Gasteiger partial charge >= 0.3 is 0 Å². The maximum absolute atomic E-state index is 12.9. The Kier molecular flexibility index (Phi) is 4.64. The zero-order chi connectivity index (χ0) is 18.9. The molecule has 0 N–H and O–H groups in total. The van der Waals surface area contributed by atoms with Gasteiger partial charge in [0.1, 0.15) is 11.9 Å². The van der Waals surface area contributed by atoms with Crippen molar-refractivity contribution in [1.82, 2.24) is 4.31 Å². The molecule has 8 heteroatoms. The number of piperidine rings is 1. The van der Waals surface area contributed by atoms with Crippen LogP contribution in [0.4, 0.5) is 0 Å². The molecular formula is C19H18N2O5S. The summed E-state index contributed by atoms with van der Waals surface area (Å²) in [7, 11) is -3.58. The fourth-order valence-corrected chi connectivity index (χ4v) is 4.66. The predicted molar refractivity (Wildman–Crippen MR) is 96.1 cm³/mol. The Hall–Kier alpha value is -2.76. The van der Waals surface area contributed by atoms with Gasteiger partial charge < -0.3 is 14.2 Å². The summed E-state index contributed by atoms with van der Waals surface area (Å²) in [4.78, 5) is 0.207. The van der Waals surface area contributed by atoms with Gasteiger partial charge in [0.2, 0.25) is 16.8 Å². The van der Waals surface area contributed by atoms with Gasteiger partial charge in [0.05, 0.1) is 16.5 Å². The average molecular weight is 386 g/mol. The number of sulfonamides is 1. The normalized spacial score (nSPS) is 17.4. The Morgan fingerprint density at radius 3 is 2.44 bits per heavy atom. The van der Waals surface area contributed by atoms with Crippen molar-refractivity contribution in [1.29, 1.82) is 5.26 Å². The van der Waals surface area contributed by atoms with Gasteiger partial charge in [-0.25, -0.2) is 8.42 Å². The number of hydrogen-bond donors (Lipinski definition) is 0. The molecular weight excluding hydrogens is 368 g/mol. The summed E-state index contributed by atoms with van der Waals surface area (Å²) in [6, 6.07) is 13.7. The Morgan fingerprint density at radius 2 is 1.74 bits per heavy atom. The highest BCUT2D eigenvalue weighted by atomic mass is 32.2. The van der Waals surface area contributed by atoms with E-state index in [0.29, 0.717) is 48.7 Å². The first-order chi connectivity index (χ1) is 13.1. The van der Waals surface area contributed by atoms with Crippen LogP contribution >= 0.6 is 0 Å². The van der Waals surface area contributed by atoms with E-state index < -0.39 is 10.0 Å². The van der Waals surface area contributed by atoms with Crippen LogP contribution in [0.1, 0.15) is 18.4 Å². The van der Waals surface area contributed by atoms with E-state index in [9.17, 15) is 8.42 Å².